The number of hydrogen-bond acceptors (Lipinski definition) is 2. The lowest BCUT2D eigenvalue weighted by atomic mass is 9.92. The summed E-state index contributed by atoms with van der Waals surface area (Å²) in [4.78, 5) is 0. The fourth-order valence-corrected chi connectivity index (χ4v) is 4.95. The first-order valence-electron chi connectivity index (χ1n) is 7.66. The SMILES string of the molecule is CC1CC=Cc2c1n(N)c1ccc3sc4ccccc4c3c21. The highest BCUT2D eigenvalue weighted by atomic mass is 32.1. The van der Waals surface area contributed by atoms with Crippen LogP contribution in [-0.4, -0.2) is 4.68 Å². The molecule has 4 aromatic rings. The number of hydrogen-bond donors (Lipinski definition) is 1. The van der Waals surface area contributed by atoms with E-state index in [0.717, 1.165) is 11.9 Å². The van der Waals surface area contributed by atoms with E-state index >= 15 is 0 Å². The Hall–Kier alpha value is -2.26. The second kappa shape index (κ2) is 4.14. The number of thiophene rings is 1. The van der Waals surface area contributed by atoms with E-state index in [0.29, 0.717) is 5.92 Å². The lowest BCUT2D eigenvalue weighted by Gasteiger charge is -2.16. The van der Waals surface area contributed by atoms with Crippen LogP contribution >= 0.6 is 11.3 Å². The topological polar surface area (TPSA) is 30.9 Å². The van der Waals surface area contributed by atoms with Crippen LogP contribution in [0.3, 0.4) is 0 Å². The van der Waals surface area contributed by atoms with Gasteiger partial charge in [-0.25, -0.2) is 0 Å². The average Bonchev–Trinajstić information content (AvgIpc) is 3.04. The molecule has 2 aromatic heterocycles. The Morgan fingerprint density at radius 3 is 2.86 bits per heavy atom. The van der Waals surface area contributed by atoms with Crippen molar-refractivity contribution in [1.29, 1.82) is 0 Å². The lowest BCUT2D eigenvalue weighted by molar-refractivity contribution is 0.713. The van der Waals surface area contributed by atoms with Crippen LogP contribution in [0.25, 0.3) is 37.2 Å². The largest absolute Gasteiger partial charge is 0.339 e. The molecule has 0 saturated heterocycles. The smallest absolute Gasteiger partial charge is 0.0707 e. The highest BCUT2D eigenvalue weighted by Gasteiger charge is 2.23. The molecule has 108 valence electrons. The Balaban J connectivity index is 2.10. The number of nitrogens with two attached hydrogens (primary N) is 1. The average molecular weight is 304 g/mol. The Morgan fingerprint density at radius 2 is 1.95 bits per heavy atom. The van der Waals surface area contributed by atoms with Crippen LogP contribution in [0.2, 0.25) is 0 Å². The number of rotatable bonds is 0. The quantitative estimate of drug-likeness (QED) is 0.442. The van der Waals surface area contributed by atoms with Crippen LogP contribution in [-0.2, 0) is 0 Å². The maximum absolute atomic E-state index is 6.44. The minimum Gasteiger partial charge on any atom is -0.339 e. The van der Waals surface area contributed by atoms with Gasteiger partial charge in [-0.2, -0.15) is 0 Å². The number of allylic oxidation sites excluding steroid dienone is 1. The molecule has 3 heteroatoms. The summed E-state index contributed by atoms with van der Waals surface area (Å²) < 4.78 is 4.59. The normalized spacial score (nSPS) is 17.6. The number of nitrogen functional groups attached to an aromatic ring is 1. The van der Waals surface area contributed by atoms with Crippen molar-refractivity contribution in [3.63, 3.8) is 0 Å². The van der Waals surface area contributed by atoms with Gasteiger partial charge in [0.15, 0.2) is 0 Å². The monoisotopic (exact) mass is 304 g/mol. The van der Waals surface area contributed by atoms with E-state index in [4.69, 9.17) is 5.84 Å². The van der Waals surface area contributed by atoms with E-state index in [1.807, 2.05) is 16.0 Å². The van der Waals surface area contributed by atoms with Gasteiger partial charge in [-0.05, 0) is 24.6 Å². The molecule has 1 atom stereocenters. The standard InChI is InChI=1S/C19H16N2S/c1-11-5-4-7-13-17-14(21(20)19(11)13)9-10-16-18(17)12-6-2-3-8-15(12)22-16/h2-4,6-11H,5,20H2,1H3. The van der Waals surface area contributed by atoms with Gasteiger partial charge in [0.1, 0.15) is 0 Å². The summed E-state index contributed by atoms with van der Waals surface area (Å²) >= 11 is 1.86. The summed E-state index contributed by atoms with van der Waals surface area (Å²) in [5.41, 5.74) is 3.71. The van der Waals surface area contributed by atoms with Gasteiger partial charge in [-0.15, -0.1) is 11.3 Å². The second-order valence-electron chi connectivity index (χ2n) is 6.14. The molecule has 0 spiro atoms. The number of nitrogens with zero attached hydrogens (tertiary/aromatic N) is 1. The first-order chi connectivity index (χ1) is 10.8. The Bertz CT molecular complexity index is 1080. The van der Waals surface area contributed by atoms with Crippen LogP contribution < -0.4 is 5.84 Å². The molecule has 1 aliphatic rings. The van der Waals surface area contributed by atoms with Crippen molar-refractivity contribution in [2.24, 2.45) is 0 Å². The molecule has 0 aliphatic heterocycles. The first kappa shape index (κ1) is 12.3. The van der Waals surface area contributed by atoms with E-state index in [2.05, 4.69) is 55.5 Å². The highest BCUT2D eigenvalue weighted by molar-refractivity contribution is 7.26. The Labute approximate surface area is 132 Å². The van der Waals surface area contributed by atoms with E-state index in [9.17, 15) is 0 Å². The van der Waals surface area contributed by atoms with Gasteiger partial charge in [-0.1, -0.05) is 37.3 Å². The lowest BCUT2D eigenvalue weighted by Crippen LogP contribution is -2.15. The molecule has 2 heterocycles. The third-order valence-corrected chi connectivity index (χ3v) is 5.96. The molecule has 2 aromatic carbocycles. The van der Waals surface area contributed by atoms with E-state index < -0.39 is 0 Å². The molecule has 0 radical (unpaired) electrons. The van der Waals surface area contributed by atoms with Crippen LogP contribution in [0.1, 0.15) is 30.5 Å². The van der Waals surface area contributed by atoms with E-state index in [1.54, 1.807) is 0 Å². The van der Waals surface area contributed by atoms with Gasteiger partial charge < -0.3 is 5.84 Å². The summed E-state index contributed by atoms with van der Waals surface area (Å²) in [6.07, 6.45) is 5.60. The number of fused-ring (bicyclic) bond motifs is 7. The minimum absolute atomic E-state index is 0.470. The minimum atomic E-state index is 0.470. The molecule has 0 amide bonds. The van der Waals surface area contributed by atoms with Crippen LogP contribution in [0.5, 0.6) is 0 Å². The van der Waals surface area contributed by atoms with Crippen molar-refractivity contribution in [3.05, 3.63) is 53.7 Å². The maximum Gasteiger partial charge on any atom is 0.0707 e. The van der Waals surface area contributed by atoms with Crippen molar-refractivity contribution >= 4 is 48.5 Å². The fraction of sp³-hybridized carbons (Fsp3) is 0.158. The molecule has 5 rings (SSSR count). The van der Waals surface area contributed by atoms with Crippen LogP contribution in [0, 0.1) is 0 Å². The molecule has 1 aliphatic carbocycles. The molecular weight excluding hydrogens is 288 g/mol. The Morgan fingerprint density at radius 1 is 1.09 bits per heavy atom. The zero-order chi connectivity index (χ0) is 14.8. The highest BCUT2D eigenvalue weighted by Crippen LogP contribution is 2.44. The van der Waals surface area contributed by atoms with Gasteiger partial charge in [0.2, 0.25) is 0 Å². The molecule has 1 unspecified atom stereocenters. The van der Waals surface area contributed by atoms with Crippen molar-refractivity contribution in [2.75, 3.05) is 5.84 Å². The van der Waals surface area contributed by atoms with E-state index in [-0.39, 0.29) is 0 Å². The fourth-order valence-electron chi connectivity index (χ4n) is 3.84. The predicted molar refractivity (Wildman–Crippen MR) is 97.0 cm³/mol. The molecule has 0 bridgehead atoms. The Kier molecular flexibility index (Phi) is 2.32. The summed E-state index contributed by atoms with van der Waals surface area (Å²) in [5, 5.41) is 4.01. The number of aromatic nitrogens is 1. The van der Waals surface area contributed by atoms with Crippen molar-refractivity contribution in [2.45, 2.75) is 19.3 Å². The van der Waals surface area contributed by atoms with Gasteiger partial charge in [-0.3, -0.25) is 4.68 Å². The summed E-state index contributed by atoms with van der Waals surface area (Å²) in [7, 11) is 0. The molecule has 2 nitrogen and oxygen atoms in total. The third kappa shape index (κ3) is 1.39. The summed E-state index contributed by atoms with van der Waals surface area (Å²) in [5.74, 6) is 6.91. The zero-order valence-electron chi connectivity index (χ0n) is 12.3. The van der Waals surface area contributed by atoms with Crippen molar-refractivity contribution < 1.29 is 0 Å². The summed E-state index contributed by atoms with van der Waals surface area (Å²) in [6, 6.07) is 13.1. The number of benzene rings is 2. The second-order valence-corrected chi connectivity index (χ2v) is 7.22. The zero-order valence-corrected chi connectivity index (χ0v) is 13.2. The van der Waals surface area contributed by atoms with Gasteiger partial charge in [0.05, 0.1) is 11.2 Å². The van der Waals surface area contributed by atoms with E-state index in [1.165, 1.54) is 36.8 Å². The molecule has 0 saturated carbocycles. The molecule has 0 fully saturated rings. The van der Waals surface area contributed by atoms with Crippen molar-refractivity contribution in [3.8, 4) is 0 Å². The van der Waals surface area contributed by atoms with Gasteiger partial charge in [0, 0.05) is 37.0 Å². The predicted octanol–water partition coefficient (Wildman–Crippen LogP) is 5.24. The van der Waals surface area contributed by atoms with Crippen LogP contribution in [0.4, 0.5) is 0 Å². The van der Waals surface area contributed by atoms with Crippen molar-refractivity contribution in [1.82, 2.24) is 4.68 Å². The maximum atomic E-state index is 6.44. The van der Waals surface area contributed by atoms with Crippen LogP contribution in [0.15, 0.2) is 42.5 Å². The summed E-state index contributed by atoms with van der Waals surface area (Å²) in [6.45, 7) is 2.26. The van der Waals surface area contributed by atoms with Gasteiger partial charge in [0.25, 0.3) is 0 Å². The molecule has 22 heavy (non-hydrogen) atoms. The molecular formula is C19H16N2S. The van der Waals surface area contributed by atoms with Gasteiger partial charge >= 0.3 is 0 Å². The molecule has 2 N–H and O–H groups in total. The third-order valence-electron chi connectivity index (χ3n) is 4.83. The first-order valence-corrected chi connectivity index (χ1v) is 8.47.